The summed E-state index contributed by atoms with van der Waals surface area (Å²) < 4.78 is 5.30. The maximum atomic E-state index is 12.3. The Morgan fingerprint density at radius 2 is 1.76 bits per heavy atom. The molecule has 4 nitrogen and oxygen atoms in total. The molecule has 21 heavy (non-hydrogen) atoms. The maximum absolute atomic E-state index is 12.3. The normalized spacial score (nSPS) is 15.0. The average molecular weight is 281 g/mol. The van der Waals surface area contributed by atoms with E-state index in [1.165, 1.54) is 0 Å². The number of hydrogen-bond donors (Lipinski definition) is 1. The fourth-order valence-corrected chi connectivity index (χ4v) is 3.36. The van der Waals surface area contributed by atoms with Gasteiger partial charge in [0.15, 0.2) is 0 Å². The molecule has 1 aliphatic rings. The van der Waals surface area contributed by atoms with Crippen molar-refractivity contribution < 1.29 is 4.42 Å². The summed E-state index contributed by atoms with van der Waals surface area (Å²) in [5.74, 6) is 0. The molecule has 4 rings (SSSR count). The molecule has 2 aromatic heterocycles. The van der Waals surface area contributed by atoms with E-state index in [9.17, 15) is 9.59 Å². The van der Waals surface area contributed by atoms with E-state index in [1.54, 1.807) is 6.07 Å². The molecular formula is C17H15NO3. The van der Waals surface area contributed by atoms with E-state index >= 15 is 0 Å². The molecule has 0 spiro atoms. The summed E-state index contributed by atoms with van der Waals surface area (Å²) in [6.07, 6.45) is 5.08. The second kappa shape index (κ2) is 4.58. The highest BCUT2D eigenvalue weighted by Crippen LogP contribution is 2.29. The van der Waals surface area contributed by atoms with Gasteiger partial charge in [0.1, 0.15) is 11.0 Å². The summed E-state index contributed by atoms with van der Waals surface area (Å²) in [5, 5.41) is 1.81. The van der Waals surface area contributed by atoms with Crippen molar-refractivity contribution in [3.8, 4) is 0 Å². The molecule has 1 aromatic carbocycles. The van der Waals surface area contributed by atoms with Gasteiger partial charge in [0.05, 0.1) is 0 Å². The zero-order valence-corrected chi connectivity index (χ0v) is 11.6. The first kappa shape index (κ1) is 12.4. The number of aromatic nitrogens is 1. The van der Waals surface area contributed by atoms with Gasteiger partial charge in [-0.1, -0.05) is 24.6 Å². The summed E-state index contributed by atoms with van der Waals surface area (Å²) in [5.41, 5.74) is 1.78. The standard InChI is InChI=1S/C17H15NO3/c19-16-15-14(10-6-2-1-3-8-12(10)18-16)11-7-4-5-9-13(11)21-17(15)20/h4-5,7,9H,1-3,6,8H2,(H,18,19). The summed E-state index contributed by atoms with van der Waals surface area (Å²) in [6.45, 7) is 0. The third kappa shape index (κ3) is 1.82. The molecule has 0 radical (unpaired) electrons. The zero-order chi connectivity index (χ0) is 14.4. The Morgan fingerprint density at radius 1 is 0.952 bits per heavy atom. The third-order valence-electron chi connectivity index (χ3n) is 4.32. The van der Waals surface area contributed by atoms with E-state index < -0.39 is 5.63 Å². The Balaban J connectivity index is 2.30. The molecule has 106 valence electrons. The van der Waals surface area contributed by atoms with E-state index in [2.05, 4.69) is 4.98 Å². The molecule has 3 aromatic rings. The highest BCUT2D eigenvalue weighted by molar-refractivity contribution is 6.06. The predicted octanol–water partition coefficient (Wildman–Crippen LogP) is 2.90. The van der Waals surface area contributed by atoms with Gasteiger partial charge < -0.3 is 9.40 Å². The fourth-order valence-electron chi connectivity index (χ4n) is 3.36. The van der Waals surface area contributed by atoms with Crippen LogP contribution in [0, 0.1) is 0 Å². The molecular weight excluding hydrogens is 266 g/mol. The predicted molar refractivity (Wildman–Crippen MR) is 81.9 cm³/mol. The number of H-pyrrole nitrogens is 1. The van der Waals surface area contributed by atoms with Gasteiger partial charge in [-0.15, -0.1) is 0 Å². The van der Waals surface area contributed by atoms with E-state index in [4.69, 9.17) is 4.42 Å². The first-order valence-corrected chi connectivity index (χ1v) is 7.35. The topological polar surface area (TPSA) is 63.1 Å². The number of nitrogens with one attached hydrogen (secondary N) is 1. The van der Waals surface area contributed by atoms with Gasteiger partial charge in [0.25, 0.3) is 5.56 Å². The first-order chi connectivity index (χ1) is 10.3. The Labute approximate surface area is 120 Å². The van der Waals surface area contributed by atoms with Crippen LogP contribution in [0.1, 0.15) is 30.5 Å². The minimum atomic E-state index is -0.544. The van der Waals surface area contributed by atoms with Gasteiger partial charge >= 0.3 is 5.63 Å². The van der Waals surface area contributed by atoms with Crippen molar-refractivity contribution in [2.45, 2.75) is 32.1 Å². The smallest absolute Gasteiger partial charge is 0.349 e. The third-order valence-corrected chi connectivity index (χ3v) is 4.32. The molecule has 0 saturated carbocycles. The largest absolute Gasteiger partial charge is 0.422 e. The van der Waals surface area contributed by atoms with Gasteiger partial charge in [-0.25, -0.2) is 4.79 Å². The van der Waals surface area contributed by atoms with Gasteiger partial charge in [0, 0.05) is 16.5 Å². The highest BCUT2D eigenvalue weighted by Gasteiger charge is 2.19. The SMILES string of the molecule is O=c1[nH]c2c(c3c1c(=O)oc1ccccc13)CCCCC2. The number of aryl methyl sites for hydroxylation is 2. The van der Waals surface area contributed by atoms with Crippen molar-refractivity contribution in [1.29, 1.82) is 0 Å². The van der Waals surface area contributed by atoms with E-state index in [1.807, 2.05) is 18.2 Å². The lowest BCUT2D eigenvalue weighted by molar-refractivity contribution is 0.568. The number of aromatic amines is 1. The van der Waals surface area contributed by atoms with Crippen LogP contribution >= 0.6 is 0 Å². The van der Waals surface area contributed by atoms with Crippen molar-refractivity contribution in [2.75, 3.05) is 0 Å². The first-order valence-electron chi connectivity index (χ1n) is 7.35. The quantitative estimate of drug-likeness (QED) is 0.391. The molecule has 0 saturated heterocycles. The lowest BCUT2D eigenvalue weighted by atomic mass is 9.98. The van der Waals surface area contributed by atoms with E-state index in [-0.39, 0.29) is 10.9 Å². The van der Waals surface area contributed by atoms with Crippen LogP contribution < -0.4 is 11.2 Å². The second-order valence-corrected chi connectivity index (χ2v) is 5.61. The van der Waals surface area contributed by atoms with Gasteiger partial charge in [0.2, 0.25) is 0 Å². The lowest BCUT2D eigenvalue weighted by Gasteiger charge is -2.11. The Bertz CT molecular complexity index is 965. The molecule has 0 bridgehead atoms. The van der Waals surface area contributed by atoms with Crippen LogP contribution in [0.2, 0.25) is 0 Å². The summed E-state index contributed by atoms with van der Waals surface area (Å²) in [7, 11) is 0. The molecule has 0 amide bonds. The maximum Gasteiger partial charge on any atom is 0.349 e. The molecule has 0 atom stereocenters. The van der Waals surface area contributed by atoms with Crippen molar-refractivity contribution in [3.63, 3.8) is 0 Å². The van der Waals surface area contributed by atoms with Crippen LogP contribution in [0.3, 0.4) is 0 Å². The fraction of sp³-hybridized carbons (Fsp3) is 0.294. The zero-order valence-electron chi connectivity index (χ0n) is 11.6. The Kier molecular flexibility index (Phi) is 2.70. The van der Waals surface area contributed by atoms with Gasteiger partial charge in [-0.3, -0.25) is 4.79 Å². The lowest BCUT2D eigenvalue weighted by Crippen LogP contribution is -2.19. The number of rotatable bonds is 0. The van der Waals surface area contributed by atoms with Crippen LogP contribution in [-0.4, -0.2) is 4.98 Å². The van der Waals surface area contributed by atoms with Crippen LogP contribution in [-0.2, 0) is 12.8 Å². The average Bonchev–Trinajstić information content (AvgIpc) is 2.72. The van der Waals surface area contributed by atoms with Crippen LogP contribution in [0.4, 0.5) is 0 Å². The minimum Gasteiger partial charge on any atom is -0.422 e. The van der Waals surface area contributed by atoms with Crippen molar-refractivity contribution in [3.05, 3.63) is 56.3 Å². The number of para-hydroxylation sites is 1. The molecule has 0 unspecified atom stereocenters. The van der Waals surface area contributed by atoms with E-state index in [0.29, 0.717) is 5.58 Å². The summed E-state index contributed by atoms with van der Waals surface area (Å²) in [6, 6.07) is 7.45. The van der Waals surface area contributed by atoms with Crippen LogP contribution in [0.5, 0.6) is 0 Å². The molecule has 2 heterocycles. The van der Waals surface area contributed by atoms with Crippen molar-refractivity contribution in [1.82, 2.24) is 4.98 Å². The summed E-state index contributed by atoms with van der Waals surface area (Å²) >= 11 is 0. The Hall–Kier alpha value is -2.36. The molecule has 0 fully saturated rings. The molecule has 1 N–H and O–H groups in total. The van der Waals surface area contributed by atoms with Gasteiger partial charge in [-0.05, 0) is 37.3 Å². The molecule has 4 heteroatoms. The number of hydrogen-bond acceptors (Lipinski definition) is 3. The number of fused-ring (bicyclic) bond motifs is 5. The number of pyridine rings is 1. The second-order valence-electron chi connectivity index (χ2n) is 5.61. The van der Waals surface area contributed by atoms with E-state index in [0.717, 1.165) is 54.1 Å². The van der Waals surface area contributed by atoms with Crippen LogP contribution in [0.25, 0.3) is 21.7 Å². The number of benzene rings is 1. The van der Waals surface area contributed by atoms with Crippen molar-refractivity contribution in [2.24, 2.45) is 0 Å². The van der Waals surface area contributed by atoms with Crippen molar-refractivity contribution >= 4 is 21.7 Å². The molecule has 1 aliphatic carbocycles. The Morgan fingerprint density at radius 3 is 2.67 bits per heavy atom. The highest BCUT2D eigenvalue weighted by atomic mass is 16.4. The monoisotopic (exact) mass is 281 g/mol. The minimum absolute atomic E-state index is 0.161. The van der Waals surface area contributed by atoms with Crippen LogP contribution in [0.15, 0.2) is 38.3 Å². The molecule has 0 aliphatic heterocycles. The van der Waals surface area contributed by atoms with Gasteiger partial charge in [-0.2, -0.15) is 0 Å². The summed E-state index contributed by atoms with van der Waals surface area (Å²) in [4.78, 5) is 27.4.